The van der Waals surface area contributed by atoms with Crippen LogP contribution in [0.1, 0.15) is 47.3 Å². The van der Waals surface area contributed by atoms with Gasteiger partial charge in [0.25, 0.3) is 5.91 Å². The van der Waals surface area contributed by atoms with Crippen LogP contribution in [0.15, 0.2) is 54.7 Å². The van der Waals surface area contributed by atoms with E-state index in [1.165, 1.54) is 0 Å². The van der Waals surface area contributed by atoms with Gasteiger partial charge in [0.2, 0.25) is 11.8 Å². The van der Waals surface area contributed by atoms with Gasteiger partial charge in [-0.15, -0.1) is 5.10 Å². The van der Waals surface area contributed by atoms with Crippen LogP contribution in [0.3, 0.4) is 0 Å². The van der Waals surface area contributed by atoms with Gasteiger partial charge in [0, 0.05) is 44.0 Å². The molecule has 4 bridgehead atoms. The van der Waals surface area contributed by atoms with Crippen LogP contribution in [0, 0.1) is 5.92 Å². The molecule has 0 radical (unpaired) electrons. The fourth-order valence-electron chi connectivity index (χ4n) is 4.64. The maximum atomic E-state index is 13.2. The van der Waals surface area contributed by atoms with Gasteiger partial charge in [0.1, 0.15) is 17.5 Å². The normalized spacial score (nSPS) is 19.2. The first kappa shape index (κ1) is 27.6. The lowest BCUT2D eigenvalue weighted by atomic mass is 10.0. The molecule has 0 saturated heterocycles. The standard InChI is InChI=1S/C29H33ClN6O4/c30-24-17-22-10-11-26(24)40-15-5-14-36-19-23(33-34-36)18-35(29(39)21-8-9-21)13-4-12-31-28(38)25(32-27(22)37)16-20-6-2-1-3-7-20/h1-3,6-7,10-11,17,19,21,25H,4-5,8-9,12-16,18H2,(H,31,38)(H,32,37)/t25-/m0/s1. The molecule has 1 atom stereocenters. The molecule has 1 saturated carbocycles. The second kappa shape index (κ2) is 13.0. The van der Waals surface area contributed by atoms with Crippen LogP contribution >= 0.6 is 11.6 Å². The monoisotopic (exact) mass is 564 g/mol. The van der Waals surface area contributed by atoms with Gasteiger partial charge in [-0.05, 0) is 43.0 Å². The molecule has 2 aromatic carbocycles. The zero-order valence-corrected chi connectivity index (χ0v) is 23.0. The molecule has 1 fully saturated rings. The molecule has 0 unspecified atom stereocenters. The molecule has 3 heterocycles. The maximum absolute atomic E-state index is 13.2. The molecule has 2 aliphatic heterocycles. The third-order valence-electron chi connectivity index (χ3n) is 6.97. The number of aryl methyl sites for hydroxylation is 1. The zero-order valence-electron chi connectivity index (χ0n) is 22.2. The first-order valence-electron chi connectivity index (χ1n) is 13.7. The smallest absolute Gasteiger partial charge is 0.251 e. The SMILES string of the molecule is O=C1N[C@@H](Cc2ccccc2)C(=O)NCCCN(C(=O)C2CC2)Cc2cn(nn2)CCCOc2ccc1cc2Cl. The number of benzene rings is 2. The Morgan fingerprint density at radius 1 is 1.07 bits per heavy atom. The summed E-state index contributed by atoms with van der Waals surface area (Å²) >= 11 is 6.42. The molecule has 0 spiro atoms. The van der Waals surface area contributed by atoms with Gasteiger partial charge in [-0.1, -0.05) is 47.1 Å². The second-order valence-electron chi connectivity index (χ2n) is 10.2. The first-order chi connectivity index (χ1) is 19.5. The summed E-state index contributed by atoms with van der Waals surface area (Å²) in [6.07, 6.45) is 5.23. The molecule has 10 nitrogen and oxygen atoms in total. The van der Waals surface area contributed by atoms with Crippen LogP contribution in [0.25, 0.3) is 0 Å². The predicted molar refractivity (Wildman–Crippen MR) is 149 cm³/mol. The summed E-state index contributed by atoms with van der Waals surface area (Å²) in [6, 6.07) is 13.6. The number of hydrogen-bond donors (Lipinski definition) is 2. The number of fused-ring (bicyclic) bond motifs is 14. The number of carbonyl (C=O) groups is 3. The minimum absolute atomic E-state index is 0.0705. The average Bonchev–Trinajstić information content (AvgIpc) is 3.71. The highest BCUT2D eigenvalue weighted by molar-refractivity contribution is 6.32. The van der Waals surface area contributed by atoms with Gasteiger partial charge in [-0.3, -0.25) is 19.1 Å². The molecule has 210 valence electrons. The minimum Gasteiger partial charge on any atom is -0.492 e. The van der Waals surface area contributed by atoms with E-state index in [4.69, 9.17) is 16.3 Å². The number of halogens is 1. The lowest BCUT2D eigenvalue weighted by Crippen LogP contribution is -2.48. The van der Waals surface area contributed by atoms with Crippen molar-refractivity contribution in [2.45, 2.75) is 51.2 Å². The highest BCUT2D eigenvalue weighted by Gasteiger charge is 2.33. The van der Waals surface area contributed by atoms with Crippen LogP contribution in [-0.4, -0.2) is 63.4 Å². The number of rotatable bonds is 3. The number of carbonyl (C=O) groups excluding carboxylic acids is 3. The molecule has 2 N–H and O–H groups in total. The van der Waals surface area contributed by atoms with E-state index < -0.39 is 11.9 Å². The van der Waals surface area contributed by atoms with E-state index in [-0.39, 0.29) is 17.7 Å². The Morgan fingerprint density at radius 2 is 1.90 bits per heavy atom. The van der Waals surface area contributed by atoms with Gasteiger partial charge in [0.15, 0.2) is 0 Å². The van der Waals surface area contributed by atoms with E-state index in [0.717, 1.165) is 18.4 Å². The van der Waals surface area contributed by atoms with Gasteiger partial charge in [-0.2, -0.15) is 0 Å². The summed E-state index contributed by atoms with van der Waals surface area (Å²) in [7, 11) is 0. The van der Waals surface area contributed by atoms with Gasteiger partial charge < -0.3 is 20.3 Å². The van der Waals surface area contributed by atoms with E-state index in [1.54, 1.807) is 27.8 Å². The number of nitrogens with one attached hydrogen (secondary N) is 2. The lowest BCUT2D eigenvalue weighted by molar-refractivity contribution is -0.133. The Labute approximate surface area is 238 Å². The lowest BCUT2D eigenvalue weighted by Gasteiger charge is -2.22. The molecule has 1 aliphatic carbocycles. The Kier molecular flexibility index (Phi) is 8.95. The highest BCUT2D eigenvalue weighted by atomic mass is 35.5. The van der Waals surface area contributed by atoms with Crippen LogP contribution in [0.2, 0.25) is 5.02 Å². The van der Waals surface area contributed by atoms with Crippen molar-refractivity contribution in [1.82, 2.24) is 30.5 Å². The summed E-state index contributed by atoms with van der Waals surface area (Å²) < 4.78 is 7.57. The summed E-state index contributed by atoms with van der Waals surface area (Å²) in [6.45, 7) is 2.20. The van der Waals surface area contributed by atoms with Crippen LogP contribution < -0.4 is 15.4 Å². The number of ether oxygens (including phenoxy) is 1. The molecule has 1 aromatic heterocycles. The third kappa shape index (κ3) is 7.38. The fourth-order valence-corrected chi connectivity index (χ4v) is 4.88. The number of amides is 3. The van der Waals surface area contributed by atoms with Crippen molar-refractivity contribution in [3.63, 3.8) is 0 Å². The number of nitrogens with zero attached hydrogens (tertiary/aromatic N) is 4. The first-order valence-corrected chi connectivity index (χ1v) is 14.1. The van der Waals surface area contributed by atoms with E-state index in [9.17, 15) is 14.4 Å². The van der Waals surface area contributed by atoms with E-state index in [1.807, 2.05) is 36.5 Å². The summed E-state index contributed by atoms with van der Waals surface area (Å²) in [5.41, 5.74) is 1.97. The summed E-state index contributed by atoms with van der Waals surface area (Å²) in [5, 5.41) is 14.6. The van der Waals surface area contributed by atoms with Crippen molar-refractivity contribution < 1.29 is 19.1 Å². The van der Waals surface area contributed by atoms with Crippen molar-refractivity contribution in [3.8, 4) is 5.75 Å². The van der Waals surface area contributed by atoms with E-state index >= 15 is 0 Å². The van der Waals surface area contributed by atoms with Crippen LogP contribution in [0.4, 0.5) is 0 Å². The van der Waals surface area contributed by atoms with Crippen molar-refractivity contribution in [2.24, 2.45) is 5.92 Å². The minimum atomic E-state index is -0.794. The van der Waals surface area contributed by atoms with Gasteiger partial charge in [0.05, 0.1) is 24.4 Å². The molecule has 3 aromatic rings. The number of hydrogen-bond acceptors (Lipinski definition) is 6. The fraction of sp³-hybridized carbons (Fsp3) is 0.414. The molecular weight excluding hydrogens is 532 g/mol. The van der Waals surface area contributed by atoms with Gasteiger partial charge in [-0.25, -0.2) is 0 Å². The van der Waals surface area contributed by atoms with E-state index in [2.05, 4.69) is 20.9 Å². The van der Waals surface area contributed by atoms with Crippen molar-refractivity contribution in [2.75, 3.05) is 19.7 Å². The summed E-state index contributed by atoms with van der Waals surface area (Å²) in [4.78, 5) is 41.1. The molecule has 3 amide bonds. The molecule has 3 aliphatic rings. The molecule has 40 heavy (non-hydrogen) atoms. The quantitative estimate of drug-likeness (QED) is 0.505. The van der Waals surface area contributed by atoms with Crippen molar-refractivity contribution in [1.29, 1.82) is 0 Å². The predicted octanol–water partition coefficient (Wildman–Crippen LogP) is 3.00. The highest BCUT2D eigenvalue weighted by Crippen LogP contribution is 2.31. The summed E-state index contributed by atoms with van der Waals surface area (Å²) in [5.74, 6) is -0.0452. The Balaban J connectivity index is 1.34. The molecular formula is C29H33ClN6O4. The van der Waals surface area contributed by atoms with Gasteiger partial charge >= 0.3 is 0 Å². The number of aromatic nitrogens is 3. The molecule has 11 heteroatoms. The third-order valence-corrected chi connectivity index (χ3v) is 7.26. The van der Waals surface area contributed by atoms with E-state index in [0.29, 0.717) is 74.1 Å². The van der Waals surface area contributed by atoms with Crippen molar-refractivity contribution >= 4 is 29.3 Å². The van der Waals surface area contributed by atoms with Crippen LogP contribution in [0.5, 0.6) is 5.75 Å². The topological polar surface area (TPSA) is 118 Å². The Hall–Kier alpha value is -3.92. The zero-order chi connectivity index (χ0) is 27.9. The largest absolute Gasteiger partial charge is 0.492 e. The second-order valence-corrected chi connectivity index (χ2v) is 10.6. The van der Waals surface area contributed by atoms with Crippen LogP contribution in [-0.2, 0) is 29.1 Å². The Bertz CT molecular complexity index is 1340. The Morgan fingerprint density at radius 3 is 2.67 bits per heavy atom. The average molecular weight is 565 g/mol. The maximum Gasteiger partial charge on any atom is 0.251 e. The molecule has 6 rings (SSSR count). The van der Waals surface area contributed by atoms with Crippen molar-refractivity contribution in [3.05, 3.63) is 76.6 Å².